The fourth-order valence-corrected chi connectivity index (χ4v) is 5.50. The van der Waals surface area contributed by atoms with Crippen molar-refractivity contribution in [1.82, 2.24) is 0 Å². The first-order valence-electron chi connectivity index (χ1n) is 7.40. The van der Waals surface area contributed by atoms with Gasteiger partial charge in [0, 0.05) is 21.8 Å². The Labute approximate surface area is 116 Å². The topological polar surface area (TPSA) is 26.0 Å². The maximum absolute atomic E-state index is 5.53. The molecule has 0 amide bonds. The molecule has 0 heterocycles. The van der Waals surface area contributed by atoms with Gasteiger partial charge in [-0.25, -0.2) is 0 Å². The lowest BCUT2D eigenvalue weighted by Crippen LogP contribution is -2.16. The standard InChI is InChI=1S/C14H33NSSi/c1-4-5-6-7-8-9-12-17-14(2,3)13-16-11-10-15/h4-13,15,17H2,1-3H3. The van der Waals surface area contributed by atoms with Crippen molar-refractivity contribution in [3.05, 3.63) is 0 Å². The smallest absolute Gasteiger partial charge is 0.0274 e. The highest BCUT2D eigenvalue weighted by atomic mass is 32.2. The van der Waals surface area contributed by atoms with E-state index in [1.54, 1.807) is 6.04 Å². The third-order valence-electron chi connectivity index (χ3n) is 3.21. The lowest BCUT2D eigenvalue weighted by Gasteiger charge is -2.23. The Bertz CT molecular complexity index is 162. The minimum Gasteiger partial charge on any atom is -0.330 e. The molecule has 0 saturated carbocycles. The Morgan fingerprint density at radius 2 is 1.71 bits per heavy atom. The summed E-state index contributed by atoms with van der Waals surface area (Å²) in [5.74, 6) is 2.46. The van der Waals surface area contributed by atoms with Crippen molar-refractivity contribution in [2.75, 3.05) is 18.1 Å². The van der Waals surface area contributed by atoms with Gasteiger partial charge in [0.1, 0.15) is 0 Å². The van der Waals surface area contributed by atoms with Crippen LogP contribution in [0.2, 0.25) is 11.1 Å². The minimum absolute atomic E-state index is 0.110. The fourth-order valence-electron chi connectivity index (χ4n) is 2.06. The van der Waals surface area contributed by atoms with Gasteiger partial charge in [0.2, 0.25) is 0 Å². The molecular weight excluding hydrogens is 242 g/mol. The largest absolute Gasteiger partial charge is 0.330 e. The van der Waals surface area contributed by atoms with Gasteiger partial charge in [0.15, 0.2) is 0 Å². The highest BCUT2D eigenvalue weighted by Crippen LogP contribution is 2.29. The van der Waals surface area contributed by atoms with Gasteiger partial charge in [-0.15, -0.1) is 0 Å². The average molecular weight is 276 g/mol. The third-order valence-corrected chi connectivity index (χ3v) is 7.54. The summed E-state index contributed by atoms with van der Waals surface area (Å²) in [5.41, 5.74) is 5.53. The number of nitrogens with two attached hydrogens (primary N) is 1. The van der Waals surface area contributed by atoms with E-state index in [2.05, 4.69) is 20.8 Å². The number of unbranched alkanes of at least 4 members (excludes halogenated alkanes) is 5. The monoisotopic (exact) mass is 275 g/mol. The van der Waals surface area contributed by atoms with Crippen LogP contribution in [-0.4, -0.2) is 27.6 Å². The molecule has 0 radical (unpaired) electrons. The van der Waals surface area contributed by atoms with Crippen LogP contribution in [0.25, 0.3) is 0 Å². The van der Waals surface area contributed by atoms with Crippen molar-refractivity contribution < 1.29 is 0 Å². The van der Waals surface area contributed by atoms with Crippen molar-refractivity contribution in [3.8, 4) is 0 Å². The molecule has 3 heteroatoms. The van der Waals surface area contributed by atoms with Crippen LogP contribution in [-0.2, 0) is 0 Å². The number of thioether (sulfide) groups is 1. The first-order valence-corrected chi connectivity index (χ1v) is 10.3. The SMILES string of the molecule is CCCCCCCC[SiH2]C(C)(C)CSCCN. The first kappa shape index (κ1) is 17.5. The summed E-state index contributed by atoms with van der Waals surface area (Å²) in [4.78, 5) is 0. The fraction of sp³-hybridized carbons (Fsp3) is 1.00. The molecule has 1 nitrogen and oxygen atoms in total. The van der Waals surface area contributed by atoms with E-state index in [9.17, 15) is 0 Å². The van der Waals surface area contributed by atoms with Crippen molar-refractivity contribution in [3.63, 3.8) is 0 Å². The van der Waals surface area contributed by atoms with Crippen LogP contribution in [0.4, 0.5) is 0 Å². The predicted octanol–water partition coefficient (Wildman–Crippen LogP) is 3.82. The zero-order valence-corrected chi connectivity index (χ0v) is 14.5. The molecule has 0 aliphatic heterocycles. The molecule has 17 heavy (non-hydrogen) atoms. The van der Waals surface area contributed by atoms with Gasteiger partial charge in [0.25, 0.3) is 0 Å². The van der Waals surface area contributed by atoms with Crippen LogP contribution in [0.3, 0.4) is 0 Å². The van der Waals surface area contributed by atoms with E-state index in [1.165, 1.54) is 44.3 Å². The number of hydrogen-bond acceptors (Lipinski definition) is 2. The summed E-state index contributed by atoms with van der Waals surface area (Å²) < 4.78 is 0. The number of rotatable bonds is 12. The van der Waals surface area contributed by atoms with E-state index in [-0.39, 0.29) is 9.52 Å². The summed E-state index contributed by atoms with van der Waals surface area (Å²) in [6, 6.07) is 1.54. The molecule has 0 aromatic carbocycles. The van der Waals surface area contributed by atoms with Gasteiger partial charge in [-0.2, -0.15) is 11.8 Å². The van der Waals surface area contributed by atoms with Crippen molar-refractivity contribution in [2.45, 2.75) is 70.4 Å². The molecule has 0 spiro atoms. The van der Waals surface area contributed by atoms with Crippen LogP contribution in [0.1, 0.15) is 59.3 Å². The normalized spacial score (nSPS) is 12.7. The molecule has 104 valence electrons. The van der Waals surface area contributed by atoms with Crippen LogP contribution >= 0.6 is 11.8 Å². The van der Waals surface area contributed by atoms with Gasteiger partial charge in [-0.1, -0.05) is 65.3 Å². The predicted molar refractivity (Wildman–Crippen MR) is 87.1 cm³/mol. The van der Waals surface area contributed by atoms with Gasteiger partial charge >= 0.3 is 0 Å². The summed E-state index contributed by atoms with van der Waals surface area (Å²) in [6.07, 6.45) is 8.66. The lowest BCUT2D eigenvalue weighted by molar-refractivity contribution is 0.621. The number of hydrogen-bond donors (Lipinski definition) is 1. The van der Waals surface area contributed by atoms with E-state index < -0.39 is 0 Å². The highest BCUT2D eigenvalue weighted by Gasteiger charge is 2.17. The van der Waals surface area contributed by atoms with Gasteiger partial charge in [-0.05, 0) is 10.8 Å². The lowest BCUT2D eigenvalue weighted by atomic mass is 10.1. The van der Waals surface area contributed by atoms with Crippen LogP contribution < -0.4 is 5.73 Å². The maximum Gasteiger partial charge on any atom is 0.0274 e. The van der Waals surface area contributed by atoms with E-state index in [4.69, 9.17) is 5.73 Å². The van der Waals surface area contributed by atoms with Crippen molar-refractivity contribution >= 4 is 21.3 Å². The second kappa shape index (κ2) is 11.6. The second-order valence-electron chi connectivity index (χ2n) is 5.88. The van der Waals surface area contributed by atoms with E-state index >= 15 is 0 Å². The Kier molecular flexibility index (Phi) is 12.0. The Hall–Kier alpha value is 0.527. The molecular formula is C14H33NSSi. The van der Waals surface area contributed by atoms with E-state index in [1.807, 2.05) is 11.8 Å². The molecule has 0 saturated heterocycles. The summed E-state index contributed by atoms with van der Waals surface area (Å²) in [7, 11) is 0.110. The zero-order valence-electron chi connectivity index (χ0n) is 12.3. The highest BCUT2D eigenvalue weighted by molar-refractivity contribution is 7.99. The van der Waals surface area contributed by atoms with Crippen LogP contribution in [0, 0.1) is 0 Å². The minimum atomic E-state index is 0.110. The molecule has 0 aliphatic carbocycles. The van der Waals surface area contributed by atoms with Crippen molar-refractivity contribution in [2.24, 2.45) is 5.73 Å². The van der Waals surface area contributed by atoms with Gasteiger partial charge in [-0.3, -0.25) is 0 Å². The Morgan fingerprint density at radius 3 is 2.35 bits per heavy atom. The van der Waals surface area contributed by atoms with E-state index in [0.717, 1.165) is 12.3 Å². The molecule has 0 atom stereocenters. The molecule has 0 bridgehead atoms. The Balaban J connectivity index is 3.32. The quantitative estimate of drug-likeness (QED) is 0.433. The Morgan fingerprint density at radius 1 is 1.06 bits per heavy atom. The van der Waals surface area contributed by atoms with Gasteiger partial charge < -0.3 is 5.73 Å². The molecule has 0 aromatic heterocycles. The van der Waals surface area contributed by atoms with Gasteiger partial charge in [0.05, 0.1) is 0 Å². The van der Waals surface area contributed by atoms with Crippen molar-refractivity contribution in [1.29, 1.82) is 0 Å². The molecule has 2 N–H and O–H groups in total. The maximum atomic E-state index is 5.53. The molecule has 0 aromatic rings. The van der Waals surface area contributed by atoms with Crippen LogP contribution in [0.5, 0.6) is 0 Å². The summed E-state index contributed by atoms with van der Waals surface area (Å²) in [5, 5.41) is 0.642. The summed E-state index contributed by atoms with van der Waals surface area (Å²) in [6.45, 7) is 8.04. The van der Waals surface area contributed by atoms with E-state index in [0.29, 0.717) is 5.04 Å². The van der Waals surface area contributed by atoms with Crippen LogP contribution in [0.15, 0.2) is 0 Å². The average Bonchev–Trinajstić information content (AvgIpc) is 2.28. The molecule has 0 unspecified atom stereocenters. The summed E-state index contributed by atoms with van der Waals surface area (Å²) >= 11 is 2.04. The molecule has 0 fully saturated rings. The second-order valence-corrected chi connectivity index (χ2v) is 10.1. The first-order chi connectivity index (χ1) is 8.12. The zero-order chi connectivity index (χ0) is 13.0. The molecule has 0 rings (SSSR count). The third kappa shape index (κ3) is 12.8. The molecule has 0 aliphatic rings.